The molecular formula is C12H20N2O3S. The van der Waals surface area contributed by atoms with Gasteiger partial charge >= 0.3 is 0 Å². The van der Waals surface area contributed by atoms with Crippen LogP contribution in [0.2, 0.25) is 0 Å². The van der Waals surface area contributed by atoms with E-state index in [1.54, 1.807) is 10.4 Å². The van der Waals surface area contributed by atoms with Crippen molar-refractivity contribution in [1.82, 2.24) is 4.31 Å². The van der Waals surface area contributed by atoms with E-state index < -0.39 is 10.0 Å². The average Bonchev–Trinajstić information content (AvgIpc) is 3.05. The van der Waals surface area contributed by atoms with Crippen LogP contribution in [0.1, 0.15) is 38.4 Å². The molecule has 0 unspecified atom stereocenters. The fourth-order valence-electron chi connectivity index (χ4n) is 1.90. The molecule has 2 N–H and O–H groups in total. The van der Waals surface area contributed by atoms with Crippen LogP contribution >= 0.6 is 0 Å². The van der Waals surface area contributed by atoms with Gasteiger partial charge in [-0.3, -0.25) is 0 Å². The van der Waals surface area contributed by atoms with Crippen molar-refractivity contribution < 1.29 is 12.8 Å². The lowest BCUT2D eigenvalue weighted by atomic mass is 10.3. The van der Waals surface area contributed by atoms with E-state index in [2.05, 4.69) is 6.92 Å². The summed E-state index contributed by atoms with van der Waals surface area (Å²) in [7, 11) is -3.49. The second-order valence-electron chi connectivity index (χ2n) is 4.63. The minimum Gasteiger partial charge on any atom is -0.447 e. The van der Waals surface area contributed by atoms with Gasteiger partial charge in [-0.25, -0.2) is 8.42 Å². The van der Waals surface area contributed by atoms with Gasteiger partial charge in [0.2, 0.25) is 5.09 Å². The van der Waals surface area contributed by atoms with E-state index in [9.17, 15) is 8.42 Å². The van der Waals surface area contributed by atoms with Crippen molar-refractivity contribution >= 4 is 10.0 Å². The normalized spacial score (nSPS) is 16.4. The second kappa shape index (κ2) is 5.42. The van der Waals surface area contributed by atoms with E-state index in [4.69, 9.17) is 10.2 Å². The third-order valence-corrected chi connectivity index (χ3v) is 4.91. The van der Waals surface area contributed by atoms with Crippen LogP contribution in [0.25, 0.3) is 0 Å². The molecule has 1 saturated carbocycles. The Morgan fingerprint density at radius 3 is 2.67 bits per heavy atom. The first kappa shape index (κ1) is 13.6. The molecule has 0 radical (unpaired) electrons. The van der Waals surface area contributed by atoms with Crippen LogP contribution in [0.4, 0.5) is 0 Å². The highest BCUT2D eigenvalue weighted by atomic mass is 32.2. The molecule has 1 aliphatic carbocycles. The molecule has 0 aliphatic heterocycles. The quantitative estimate of drug-likeness (QED) is 0.819. The maximum atomic E-state index is 12.4. The van der Waals surface area contributed by atoms with Crippen LogP contribution in [0.15, 0.2) is 21.6 Å². The Labute approximate surface area is 108 Å². The first-order chi connectivity index (χ1) is 8.59. The average molecular weight is 272 g/mol. The smallest absolute Gasteiger partial charge is 0.276 e. The topological polar surface area (TPSA) is 76.5 Å². The van der Waals surface area contributed by atoms with Crippen LogP contribution in [0.5, 0.6) is 0 Å². The van der Waals surface area contributed by atoms with Gasteiger partial charge < -0.3 is 10.2 Å². The zero-order valence-electron chi connectivity index (χ0n) is 10.6. The first-order valence-corrected chi connectivity index (χ1v) is 7.84. The minimum absolute atomic E-state index is 0.0194. The van der Waals surface area contributed by atoms with Crippen LogP contribution in [-0.4, -0.2) is 25.3 Å². The zero-order chi connectivity index (χ0) is 13.2. The fraction of sp³-hybridized carbons (Fsp3) is 0.667. The summed E-state index contributed by atoms with van der Waals surface area (Å²) in [5, 5.41) is 0.0194. The van der Waals surface area contributed by atoms with E-state index in [0.29, 0.717) is 12.3 Å². The van der Waals surface area contributed by atoms with Crippen molar-refractivity contribution in [2.24, 2.45) is 5.73 Å². The summed E-state index contributed by atoms with van der Waals surface area (Å²) >= 11 is 0. The summed E-state index contributed by atoms with van der Waals surface area (Å²) in [6.45, 7) is 2.84. The van der Waals surface area contributed by atoms with Gasteiger partial charge in [-0.05, 0) is 31.4 Å². The first-order valence-electron chi connectivity index (χ1n) is 6.40. The van der Waals surface area contributed by atoms with Crippen LogP contribution in [0.3, 0.4) is 0 Å². The summed E-state index contributed by atoms with van der Waals surface area (Å²) in [6, 6.07) is 3.28. The lowest BCUT2D eigenvalue weighted by molar-refractivity contribution is 0.359. The fourth-order valence-corrected chi connectivity index (χ4v) is 3.55. The molecule has 18 heavy (non-hydrogen) atoms. The molecule has 1 heterocycles. The third-order valence-electron chi connectivity index (χ3n) is 3.09. The highest BCUT2D eigenvalue weighted by Crippen LogP contribution is 2.32. The molecule has 6 heteroatoms. The maximum Gasteiger partial charge on any atom is 0.276 e. The summed E-state index contributed by atoms with van der Waals surface area (Å²) in [6.07, 6.45) is 3.76. The van der Waals surface area contributed by atoms with Crippen molar-refractivity contribution in [2.75, 3.05) is 6.54 Å². The molecule has 0 bridgehead atoms. The third kappa shape index (κ3) is 2.76. The second-order valence-corrected chi connectivity index (χ2v) is 6.45. The molecule has 1 aromatic heterocycles. The lowest BCUT2D eigenvalue weighted by Crippen LogP contribution is -2.33. The Morgan fingerprint density at radius 2 is 2.17 bits per heavy atom. The number of furan rings is 1. The SMILES string of the molecule is CCCCN(C1CC1)S(=O)(=O)c1ccc(CN)o1. The van der Waals surface area contributed by atoms with Crippen LogP contribution < -0.4 is 5.73 Å². The van der Waals surface area contributed by atoms with E-state index >= 15 is 0 Å². The predicted octanol–water partition coefficient (Wildman–Crippen LogP) is 1.69. The van der Waals surface area contributed by atoms with Crippen molar-refractivity contribution in [2.45, 2.75) is 50.3 Å². The molecular weight excluding hydrogens is 252 g/mol. The molecule has 102 valence electrons. The molecule has 1 fully saturated rings. The Morgan fingerprint density at radius 1 is 1.44 bits per heavy atom. The highest BCUT2D eigenvalue weighted by molar-refractivity contribution is 7.89. The Bertz CT molecular complexity index is 491. The van der Waals surface area contributed by atoms with Crippen molar-refractivity contribution in [3.05, 3.63) is 17.9 Å². The van der Waals surface area contributed by atoms with Crippen LogP contribution in [-0.2, 0) is 16.6 Å². The Hall–Kier alpha value is -0.850. The van der Waals surface area contributed by atoms with Crippen molar-refractivity contribution in [3.63, 3.8) is 0 Å². The molecule has 0 saturated heterocycles. The van der Waals surface area contributed by atoms with Gasteiger partial charge in [0.05, 0.1) is 6.54 Å². The van der Waals surface area contributed by atoms with E-state index in [1.807, 2.05) is 0 Å². The van der Waals surface area contributed by atoms with Gasteiger partial charge in [-0.15, -0.1) is 0 Å². The highest BCUT2D eigenvalue weighted by Gasteiger charge is 2.39. The zero-order valence-corrected chi connectivity index (χ0v) is 11.4. The van der Waals surface area contributed by atoms with Gasteiger partial charge in [0.15, 0.2) is 0 Å². The summed E-state index contributed by atoms with van der Waals surface area (Å²) < 4.78 is 31.7. The number of nitrogens with two attached hydrogens (primary N) is 1. The predicted molar refractivity (Wildman–Crippen MR) is 68.4 cm³/mol. The van der Waals surface area contributed by atoms with Crippen molar-refractivity contribution in [3.8, 4) is 0 Å². The van der Waals surface area contributed by atoms with E-state index in [-0.39, 0.29) is 17.7 Å². The molecule has 2 rings (SSSR count). The maximum absolute atomic E-state index is 12.4. The minimum atomic E-state index is -3.49. The van der Waals surface area contributed by atoms with E-state index in [0.717, 1.165) is 25.7 Å². The van der Waals surface area contributed by atoms with Crippen molar-refractivity contribution in [1.29, 1.82) is 0 Å². The molecule has 1 aliphatic rings. The summed E-state index contributed by atoms with van der Waals surface area (Å²) in [5.74, 6) is 0.500. The number of unbranched alkanes of at least 4 members (excludes halogenated alkanes) is 1. The van der Waals surface area contributed by atoms with Gasteiger partial charge in [-0.1, -0.05) is 13.3 Å². The number of nitrogens with zero attached hydrogens (tertiary/aromatic N) is 1. The molecule has 0 spiro atoms. The van der Waals surface area contributed by atoms with Gasteiger partial charge in [0.25, 0.3) is 10.0 Å². The number of hydrogen-bond donors (Lipinski definition) is 1. The molecule has 0 aromatic carbocycles. The van der Waals surface area contributed by atoms with Gasteiger partial charge in [-0.2, -0.15) is 4.31 Å². The molecule has 0 atom stereocenters. The van der Waals surface area contributed by atoms with Gasteiger partial charge in [0, 0.05) is 12.6 Å². The van der Waals surface area contributed by atoms with E-state index in [1.165, 1.54) is 6.07 Å². The summed E-state index contributed by atoms with van der Waals surface area (Å²) in [5.41, 5.74) is 5.43. The molecule has 1 aromatic rings. The Kier molecular flexibility index (Phi) is 4.09. The molecule has 5 nitrogen and oxygen atoms in total. The number of sulfonamides is 1. The standard InChI is InChI=1S/C12H20N2O3S/c1-2-3-8-14(10-4-5-10)18(15,16)12-7-6-11(9-13)17-12/h6-7,10H,2-5,8-9,13H2,1H3. The number of hydrogen-bond acceptors (Lipinski definition) is 4. The largest absolute Gasteiger partial charge is 0.447 e. The monoisotopic (exact) mass is 272 g/mol. The molecule has 0 amide bonds. The van der Waals surface area contributed by atoms with Crippen LogP contribution in [0, 0.1) is 0 Å². The van der Waals surface area contributed by atoms with Gasteiger partial charge in [0.1, 0.15) is 5.76 Å². The Balaban J connectivity index is 2.21. The number of rotatable bonds is 7. The lowest BCUT2D eigenvalue weighted by Gasteiger charge is -2.19. The summed E-state index contributed by atoms with van der Waals surface area (Å²) in [4.78, 5) is 0.